The molecule has 4 rings (SSSR count). The van der Waals surface area contributed by atoms with E-state index in [0.29, 0.717) is 11.6 Å². The van der Waals surface area contributed by atoms with Crippen LogP contribution in [0.2, 0.25) is 5.28 Å². The van der Waals surface area contributed by atoms with Gasteiger partial charge < -0.3 is 15.2 Å². The van der Waals surface area contributed by atoms with Crippen LogP contribution in [0.15, 0.2) is 49.1 Å². The molecule has 3 heterocycles. The van der Waals surface area contributed by atoms with Gasteiger partial charge >= 0.3 is 0 Å². The number of hydrogen-bond acceptors (Lipinski definition) is 5. The standard InChI is InChI=1S/C18H18ClN7.C2H6/c1-3-12-6-7-13(9-14(12)20-2)25-10-16(21-11-25)22-17-15-5-4-8-26(15)24-18(19)23-17;1-2/h4-11,20H,3H2,1-2H3,(H,22,23,24);1-2H3. The molecular weight excluding hydrogens is 374 g/mol. The van der Waals surface area contributed by atoms with E-state index in [2.05, 4.69) is 50.8 Å². The Kier molecular flexibility index (Phi) is 6.16. The van der Waals surface area contributed by atoms with Crippen LogP contribution >= 0.6 is 11.6 Å². The molecule has 0 saturated carbocycles. The molecule has 0 saturated heterocycles. The molecule has 0 unspecified atom stereocenters. The number of nitrogens with zero attached hydrogens (tertiary/aromatic N) is 5. The first-order valence-electron chi connectivity index (χ1n) is 9.31. The quantitative estimate of drug-likeness (QED) is 0.499. The Bertz CT molecular complexity index is 1070. The minimum absolute atomic E-state index is 0.171. The Balaban J connectivity index is 0.00000109. The first kappa shape index (κ1) is 19.7. The van der Waals surface area contributed by atoms with Gasteiger partial charge in [-0.1, -0.05) is 26.8 Å². The van der Waals surface area contributed by atoms with Crippen molar-refractivity contribution in [3.05, 3.63) is 59.9 Å². The topological polar surface area (TPSA) is 72.1 Å². The Labute approximate surface area is 169 Å². The van der Waals surface area contributed by atoms with E-state index in [-0.39, 0.29) is 5.28 Å². The van der Waals surface area contributed by atoms with Gasteiger partial charge in [0.15, 0.2) is 5.82 Å². The molecule has 1 aromatic carbocycles. The van der Waals surface area contributed by atoms with Crippen LogP contribution < -0.4 is 10.6 Å². The fourth-order valence-corrected chi connectivity index (χ4v) is 3.08. The molecule has 0 aliphatic heterocycles. The van der Waals surface area contributed by atoms with Gasteiger partial charge in [-0.15, -0.1) is 5.10 Å². The molecule has 0 spiro atoms. The van der Waals surface area contributed by atoms with Crippen LogP contribution in [0.5, 0.6) is 0 Å². The summed E-state index contributed by atoms with van der Waals surface area (Å²) < 4.78 is 3.64. The second-order valence-electron chi connectivity index (χ2n) is 5.80. The molecule has 0 amide bonds. The van der Waals surface area contributed by atoms with Gasteiger partial charge in [-0.2, -0.15) is 4.98 Å². The Morgan fingerprint density at radius 3 is 2.75 bits per heavy atom. The van der Waals surface area contributed by atoms with E-state index in [9.17, 15) is 0 Å². The smallest absolute Gasteiger partial charge is 0.243 e. The van der Waals surface area contributed by atoms with Crippen LogP contribution in [0.3, 0.4) is 0 Å². The van der Waals surface area contributed by atoms with E-state index in [0.717, 1.165) is 23.3 Å². The van der Waals surface area contributed by atoms with Crippen molar-refractivity contribution in [1.29, 1.82) is 0 Å². The van der Waals surface area contributed by atoms with Crippen LogP contribution in [0.4, 0.5) is 17.3 Å². The lowest BCUT2D eigenvalue weighted by Gasteiger charge is -2.10. The molecule has 0 fully saturated rings. The van der Waals surface area contributed by atoms with Gasteiger partial charge in [0, 0.05) is 24.6 Å². The SMILES string of the molecule is CC.CCc1ccc(-n2cnc(Nc3nc(Cl)nn4cccc34)c2)cc1NC. The lowest BCUT2D eigenvalue weighted by atomic mass is 10.1. The molecular formula is C20H24ClN7. The lowest BCUT2D eigenvalue weighted by molar-refractivity contribution is 0.907. The third-order valence-corrected chi connectivity index (χ3v) is 4.40. The van der Waals surface area contributed by atoms with Crippen LogP contribution in [0, 0.1) is 0 Å². The Morgan fingerprint density at radius 2 is 2.00 bits per heavy atom. The number of aryl methyl sites for hydroxylation is 1. The highest BCUT2D eigenvalue weighted by molar-refractivity contribution is 6.28. The maximum atomic E-state index is 5.99. The van der Waals surface area contributed by atoms with Crippen LogP contribution in [0.25, 0.3) is 11.2 Å². The second-order valence-corrected chi connectivity index (χ2v) is 6.14. The number of hydrogen-bond donors (Lipinski definition) is 2. The molecule has 4 aromatic rings. The number of aromatic nitrogens is 5. The van der Waals surface area contributed by atoms with Gasteiger partial charge in [0.1, 0.15) is 17.7 Å². The number of benzene rings is 1. The summed E-state index contributed by atoms with van der Waals surface area (Å²) in [6, 6.07) is 10.1. The summed E-state index contributed by atoms with van der Waals surface area (Å²) in [7, 11) is 1.93. The maximum Gasteiger partial charge on any atom is 0.243 e. The zero-order chi connectivity index (χ0) is 20.1. The summed E-state index contributed by atoms with van der Waals surface area (Å²) in [4.78, 5) is 8.69. The molecule has 28 heavy (non-hydrogen) atoms. The van der Waals surface area contributed by atoms with Crippen LogP contribution in [0.1, 0.15) is 26.3 Å². The summed E-state index contributed by atoms with van der Waals surface area (Å²) in [5, 5.41) is 10.7. The molecule has 0 radical (unpaired) electrons. The minimum atomic E-state index is 0.171. The van der Waals surface area contributed by atoms with Crippen LogP contribution in [-0.4, -0.2) is 31.2 Å². The first-order valence-corrected chi connectivity index (χ1v) is 9.68. The molecule has 2 N–H and O–H groups in total. The number of halogens is 1. The highest BCUT2D eigenvalue weighted by Gasteiger charge is 2.09. The van der Waals surface area contributed by atoms with Crippen molar-refractivity contribution in [3.63, 3.8) is 0 Å². The number of imidazole rings is 1. The Morgan fingerprint density at radius 1 is 1.18 bits per heavy atom. The predicted octanol–water partition coefficient (Wildman–Crippen LogP) is 4.94. The van der Waals surface area contributed by atoms with Gasteiger partial charge in [0.2, 0.25) is 5.28 Å². The van der Waals surface area contributed by atoms with Crippen molar-refractivity contribution < 1.29 is 0 Å². The summed E-state index contributed by atoms with van der Waals surface area (Å²) in [5.41, 5.74) is 4.25. The molecule has 0 aliphatic rings. The van der Waals surface area contributed by atoms with Crippen LogP contribution in [-0.2, 0) is 6.42 Å². The largest absolute Gasteiger partial charge is 0.388 e. The fraction of sp³-hybridized carbons (Fsp3) is 0.250. The molecule has 8 heteroatoms. The van der Waals surface area contributed by atoms with Gasteiger partial charge in [-0.25, -0.2) is 9.50 Å². The number of nitrogens with one attached hydrogen (secondary N) is 2. The normalized spacial score (nSPS) is 10.5. The zero-order valence-corrected chi connectivity index (χ0v) is 17.2. The highest BCUT2D eigenvalue weighted by Crippen LogP contribution is 2.23. The van der Waals surface area contributed by atoms with Gasteiger partial charge in [-0.05, 0) is 47.9 Å². The number of rotatable bonds is 5. The summed E-state index contributed by atoms with van der Waals surface area (Å²) in [6.07, 6.45) is 6.48. The lowest BCUT2D eigenvalue weighted by Crippen LogP contribution is -2.01. The zero-order valence-electron chi connectivity index (χ0n) is 16.4. The van der Waals surface area contributed by atoms with Crippen molar-refractivity contribution in [2.45, 2.75) is 27.2 Å². The third kappa shape index (κ3) is 3.94. The predicted molar refractivity (Wildman–Crippen MR) is 115 cm³/mol. The minimum Gasteiger partial charge on any atom is -0.388 e. The van der Waals surface area contributed by atoms with Gasteiger partial charge in [-0.3, -0.25) is 0 Å². The Hall–Kier alpha value is -3.06. The first-order chi connectivity index (χ1) is 13.7. The van der Waals surface area contributed by atoms with E-state index < -0.39 is 0 Å². The van der Waals surface area contributed by atoms with Crippen molar-refractivity contribution in [2.75, 3.05) is 17.7 Å². The fourth-order valence-electron chi connectivity index (χ4n) is 2.92. The molecule has 0 bridgehead atoms. The molecule has 0 aliphatic carbocycles. The van der Waals surface area contributed by atoms with Gasteiger partial charge in [0.25, 0.3) is 0 Å². The van der Waals surface area contributed by atoms with E-state index >= 15 is 0 Å². The van der Waals surface area contributed by atoms with Gasteiger partial charge in [0.05, 0.1) is 6.20 Å². The maximum absolute atomic E-state index is 5.99. The summed E-state index contributed by atoms with van der Waals surface area (Å²) in [5.74, 6) is 1.28. The van der Waals surface area contributed by atoms with Crippen molar-refractivity contribution >= 4 is 34.4 Å². The average molecular weight is 398 g/mol. The molecule has 7 nitrogen and oxygen atoms in total. The van der Waals surface area contributed by atoms with E-state index in [1.54, 1.807) is 10.8 Å². The van der Waals surface area contributed by atoms with E-state index in [1.165, 1.54) is 5.56 Å². The second kappa shape index (κ2) is 8.75. The van der Waals surface area contributed by atoms with Crippen molar-refractivity contribution in [3.8, 4) is 5.69 Å². The van der Waals surface area contributed by atoms with Crippen molar-refractivity contribution in [1.82, 2.24) is 24.1 Å². The van der Waals surface area contributed by atoms with E-state index in [1.807, 2.05) is 50.0 Å². The molecule has 3 aromatic heterocycles. The summed E-state index contributed by atoms with van der Waals surface area (Å²) in [6.45, 7) is 6.14. The molecule has 146 valence electrons. The van der Waals surface area contributed by atoms with Crippen molar-refractivity contribution in [2.24, 2.45) is 0 Å². The molecule has 0 atom stereocenters. The number of anilines is 3. The average Bonchev–Trinajstić information content (AvgIpc) is 3.38. The number of fused-ring (bicyclic) bond motifs is 1. The monoisotopic (exact) mass is 397 g/mol. The third-order valence-electron chi connectivity index (χ3n) is 4.24. The summed E-state index contributed by atoms with van der Waals surface area (Å²) >= 11 is 5.99. The van der Waals surface area contributed by atoms with E-state index in [4.69, 9.17) is 11.6 Å². The highest BCUT2D eigenvalue weighted by atomic mass is 35.5.